The summed E-state index contributed by atoms with van der Waals surface area (Å²) in [6.45, 7) is 8.87. The Labute approximate surface area is 170 Å². The first kappa shape index (κ1) is 20.0. The summed E-state index contributed by atoms with van der Waals surface area (Å²) in [4.78, 5) is 31.8. The Morgan fingerprint density at radius 2 is 1.75 bits per heavy atom. The van der Waals surface area contributed by atoms with Crippen LogP contribution in [0.4, 0.5) is 4.79 Å². The molecule has 6 heteroatoms. The van der Waals surface area contributed by atoms with E-state index >= 15 is 0 Å². The number of carbonyl (C=O) groups excluding carboxylic acids is 2. The predicted molar refractivity (Wildman–Crippen MR) is 110 cm³/mol. The Bertz CT molecular complexity index is 567. The molecule has 0 aromatic carbocycles. The van der Waals surface area contributed by atoms with E-state index in [-0.39, 0.29) is 29.9 Å². The van der Waals surface area contributed by atoms with Crippen LogP contribution in [0, 0.1) is 11.8 Å². The molecule has 4 rings (SSSR count). The number of nitrogens with one attached hydrogen (secondary N) is 1. The Balaban J connectivity index is 1.29. The lowest BCUT2D eigenvalue weighted by Gasteiger charge is -2.43. The molecule has 0 bridgehead atoms. The number of carbonyl (C=O) groups is 2. The molecule has 4 aliphatic rings. The SMILES string of the molecule is CC(C)C(=O)N1CCC2C(C1)NC(=O)N2C1CCN(CC2CCCCC2)CC1. The average Bonchev–Trinajstić information content (AvgIpc) is 3.03. The minimum absolute atomic E-state index is 0.0262. The second kappa shape index (κ2) is 8.60. The van der Waals surface area contributed by atoms with Crippen molar-refractivity contribution < 1.29 is 9.59 Å². The van der Waals surface area contributed by atoms with Crippen LogP contribution in [0.25, 0.3) is 0 Å². The van der Waals surface area contributed by atoms with Crippen molar-refractivity contribution in [3.63, 3.8) is 0 Å². The maximum absolute atomic E-state index is 12.7. The minimum atomic E-state index is 0.0262. The van der Waals surface area contributed by atoms with E-state index in [1.807, 2.05) is 18.7 Å². The highest BCUT2D eigenvalue weighted by molar-refractivity contribution is 5.80. The maximum Gasteiger partial charge on any atom is 0.318 e. The fraction of sp³-hybridized carbons (Fsp3) is 0.909. The van der Waals surface area contributed by atoms with Crippen LogP contribution in [0.15, 0.2) is 0 Å². The molecule has 1 aliphatic carbocycles. The molecule has 3 heterocycles. The normalized spacial score (nSPS) is 30.6. The summed E-state index contributed by atoms with van der Waals surface area (Å²) in [7, 11) is 0. The third-order valence-corrected chi connectivity index (χ3v) is 7.47. The van der Waals surface area contributed by atoms with E-state index in [0.29, 0.717) is 12.6 Å². The largest absolute Gasteiger partial charge is 0.340 e. The zero-order valence-corrected chi connectivity index (χ0v) is 17.7. The first-order valence-electron chi connectivity index (χ1n) is 11.6. The molecule has 3 saturated heterocycles. The van der Waals surface area contributed by atoms with E-state index in [1.54, 1.807) is 0 Å². The van der Waals surface area contributed by atoms with Gasteiger partial charge >= 0.3 is 6.03 Å². The Kier molecular flexibility index (Phi) is 6.14. The number of rotatable bonds is 4. The molecular formula is C22H38N4O2. The zero-order chi connectivity index (χ0) is 19.7. The highest BCUT2D eigenvalue weighted by Gasteiger charge is 2.46. The van der Waals surface area contributed by atoms with E-state index in [2.05, 4.69) is 15.1 Å². The minimum Gasteiger partial charge on any atom is -0.340 e. The van der Waals surface area contributed by atoms with Crippen LogP contribution in [0.5, 0.6) is 0 Å². The van der Waals surface area contributed by atoms with Gasteiger partial charge in [-0.2, -0.15) is 0 Å². The highest BCUT2D eigenvalue weighted by Crippen LogP contribution is 2.31. The standard InChI is InChI=1S/C22H38N4O2/c1-16(2)21(27)25-13-10-20-19(15-25)23-22(28)26(20)18-8-11-24(12-9-18)14-17-6-4-3-5-7-17/h16-20H,3-15H2,1-2H3,(H,23,28). The summed E-state index contributed by atoms with van der Waals surface area (Å²) in [5.74, 6) is 1.13. The summed E-state index contributed by atoms with van der Waals surface area (Å²) in [5, 5.41) is 3.18. The second-order valence-corrected chi connectivity index (χ2v) is 9.79. The number of hydrogen-bond acceptors (Lipinski definition) is 3. The fourth-order valence-electron chi connectivity index (χ4n) is 5.92. The number of likely N-dealkylation sites (tertiary alicyclic amines) is 2. The van der Waals surface area contributed by atoms with Crippen LogP contribution in [0.3, 0.4) is 0 Å². The van der Waals surface area contributed by atoms with Crippen LogP contribution in [-0.2, 0) is 4.79 Å². The smallest absolute Gasteiger partial charge is 0.318 e. The molecule has 0 radical (unpaired) electrons. The molecule has 0 spiro atoms. The van der Waals surface area contributed by atoms with Gasteiger partial charge in [-0.1, -0.05) is 33.1 Å². The molecule has 3 amide bonds. The summed E-state index contributed by atoms with van der Waals surface area (Å²) in [5.41, 5.74) is 0. The van der Waals surface area contributed by atoms with Gasteiger partial charge in [0.2, 0.25) is 5.91 Å². The zero-order valence-electron chi connectivity index (χ0n) is 17.7. The topological polar surface area (TPSA) is 55.9 Å². The van der Waals surface area contributed by atoms with Gasteiger partial charge < -0.3 is 20.0 Å². The van der Waals surface area contributed by atoms with Crippen molar-refractivity contribution >= 4 is 11.9 Å². The number of nitrogens with zero attached hydrogens (tertiary/aromatic N) is 3. The van der Waals surface area contributed by atoms with Gasteiger partial charge in [-0.15, -0.1) is 0 Å². The second-order valence-electron chi connectivity index (χ2n) is 9.79. The van der Waals surface area contributed by atoms with Crippen LogP contribution >= 0.6 is 0 Å². The summed E-state index contributed by atoms with van der Waals surface area (Å²) in [6.07, 6.45) is 10.2. The van der Waals surface area contributed by atoms with Gasteiger partial charge in [-0.3, -0.25) is 4.79 Å². The van der Waals surface area contributed by atoms with Crippen molar-refractivity contribution in [3.8, 4) is 0 Å². The van der Waals surface area contributed by atoms with E-state index < -0.39 is 0 Å². The number of piperidine rings is 2. The first-order chi connectivity index (χ1) is 13.5. The lowest BCUT2D eigenvalue weighted by Crippen LogP contribution is -2.56. The highest BCUT2D eigenvalue weighted by atomic mass is 16.2. The molecule has 0 aromatic heterocycles. The van der Waals surface area contributed by atoms with Gasteiger partial charge in [-0.25, -0.2) is 4.79 Å². The predicted octanol–water partition coefficient (Wildman–Crippen LogP) is 2.68. The summed E-state index contributed by atoms with van der Waals surface area (Å²) >= 11 is 0. The van der Waals surface area contributed by atoms with Gasteiger partial charge in [0.05, 0.1) is 12.1 Å². The quantitative estimate of drug-likeness (QED) is 0.803. The molecule has 4 fully saturated rings. The average molecular weight is 391 g/mol. The lowest BCUT2D eigenvalue weighted by atomic mass is 9.88. The molecule has 3 aliphatic heterocycles. The lowest BCUT2D eigenvalue weighted by molar-refractivity contribution is -0.136. The summed E-state index contributed by atoms with van der Waals surface area (Å²) < 4.78 is 0. The Morgan fingerprint density at radius 1 is 1.04 bits per heavy atom. The van der Waals surface area contributed by atoms with Crippen LogP contribution in [0.1, 0.15) is 65.2 Å². The molecule has 28 heavy (non-hydrogen) atoms. The van der Waals surface area contributed by atoms with Crippen LogP contribution in [-0.4, -0.2) is 77.5 Å². The van der Waals surface area contributed by atoms with Crippen molar-refractivity contribution in [2.24, 2.45) is 11.8 Å². The first-order valence-corrected chi connectivity index (χ1v) is 11.6. The molecule has 6 nitrogen and oxygen atoms in total. The summed E-state index contributed by atoms with van der Waals surface area (Å²) in [6, 6.07) is 0.826. The molecule has 158 valence electrons. The van der Waals surface area contributed by atoms with Gasteiger partial charge in [0.1, 0.15) is 0 Å². The third kappa shape index (κ3) is 4.17. The van der Waals surface area contributed by atoms with Gasteiger partial charge in [-0.05, 0) is 38.0 Å². The molecular weight excluding hydrogens is 352 g/mol. The fourth-order valence-corrected chi connectivity index (χ4v) is 5.92. The van der Waals surface area contributed by atoms with Gasteiger partial charge in [0.15, 0.2) is 0 Å². The van der Waals surface area contributed by atoms with Crippen molar-refractivity contribution in [2.45, 2.75) is 83.3 Å². The number of urea groups is 1. The number of fused-ring (bicyclic) bond motifs is 1. The van der Waals surface area contributed by atoms with Crippen molar-refractivity contribution in [3.05, 3.63) is 0 Å². The molecule has 0 aromatic rings. The maximum atomic E-state index is 12.7. The Hall–Kier alpha value is -1.30. The molecule has 1 saturated carbocycles. The molecule has 2 atom stereocenters. The third-order valence-electron chi connectivity index (χ3n) is 7.47. The van der Waals surface area contributed by atoms with Crippen molar-refractivity contribution in [2.75, 3.05) is 32.7 Å². The van der Waals surface area contributed by atoms with Crippen LogP contribution < -0.4 is 5.32 Å². The van der Waals surface area contributed by atoms with Crippen molar-refractivity contribution in [1.29, 1.82) is 0 Å². The monoisotopic (exact) mass is 390 g/mol. The number of hydrogen-bond donors (Lipinski definition) is 1. The van der Waals surface area contributed by atoms with Crippen molar-refractivity contribution in [1.82, 2.24) is 20.0 Å². The Morgan fingerprint density at radius 3 is 2.43 bits per heavy atom. The van der Waals surface area contributed by atoms with E-state index in [1.165, 1.54) is 38.6 Å². The van der Waals surface area contributed by atoms with Gasteiger partial charge in [0.25, 0.3) is 0 Å². The van der Waals surface area contributed by atoms with E-state index in [4.69, 9.17) is 0 Å². The van der Waals surface area contributed by atoms with Crippen LogP contribution in [0.2, 0.25) is 0 Å². The van der Waals surface area contributed by atoms with E-state index in [0.717, 1.165) is 44.8 Å². The molecule has 1 N–H and O–H groups in total. The molecule has 2 unspecified atom stereocenters. The van der Waals surface area contributed by atoms with E-state index in [9.17, 15) is 9.59 Å². The number of amides is 3. The van der Waals surface area contributed by atoms with Gasteiger partial charge in [0, 0.05) is 44.7 Å².